The molecule has 0 spiro atoms. The van der Waals surface area contributed by atoms with Gasteiger partial charge in [-0.15, -0.1) is 23.1 Å². The van der Waals surface area contributed by atoms with Crippen molar-refractivity contribution in [3.8, 4) is 40.3 Å². The Kier molecular flexibility index (Phi) is 7.63. The van der Waals surface area contributed by atoms with Crippen molar-refractivity contribution in [2.24, 2.45) is 0 Å². The van der Waals surface area contributed by atoms with E-state index in [4.69, 9.17) is 10.5 Å². The van der Waals surface area contributed by atoms with Gasteiger partial charge in [0.05, 0.1) is 18.4 Å². The van der Waals surface area contributed by atoms with Crippen LogP contribution in [0.5, 0.6) is 5.75 Å². The van der Waals surface area contributed by atoms with E-state index in [1.54, 1.807) is 7.11 Å². The van der Waals surface area contributed by atoms with E-state index in [-0.39, 0.29) is 29.3 Å². The fourth-order valence-electron chi connectivity index (χ4n) is 3.25. The summed E-state index contributed by atoms with van der Waals surface area (Å²) < 4.78 is 5.17. The number of nitrogens with zero attached hydrogens (tertiary/aromatic N) is 4. The number of carbonyl (C=O) groups excluding carboxylic acids is 1. The van der Waals surface area contributed by atoms with E-state index in [2.05, 4.69) is 27.4 Å². The maximum atomic E-state index is 12.5. The first kappa shape index (κ1) is 24.2. The van der Waals surface area contributed by atoms with Crippen LogP contribution in [-0.2, 0) is 4.79 Å². The highest BCUT2D eigenvalue weighted by molar-refractivity contribution is 7.99. The lowest BCUT2D eigenvalue weighted by Gasteiger charge is -2.11. The molecule has 0 saturated carbocycles. The number of hydrogen-bond acceptors (Lipinski definition) is 10. The maximum absolute atomic E-state index is 12.5. The van der Waals surface area contributed by atoms with Gasteiger partial charge in [-0.25, -0.2) is 9.97 Å². The number of thiazole rings is 1. The fourth-order valence-corrected chi connectivity index (χ4v) is 5.56. The van der Waals surface area contributed by atoms with Gasteiger partial charge in [-0.3, -0.25) is 4.79 Å². The second kappa shape index (κ2) is 11.0. The molecular formula is C24H18N6O2S3. The van der Waals surface area contributed by atoms with Crippen molar-refractivity contribution in [2.75, 3.05) is 23.9 Å². The highest BCUT2D eigenvalue weighted by Gasteiger charge is 2.21. The molecule has 0 radical (unpaired) electrons. The van der Waals surface area contributed by atoms with Crippen LogP contribution >= 0.6 is 34.4 Å². The number of hydrogen-bond donors (Lipinski definition) is 2. The molecule has 8 nitrogen and oxygen atoms in total. The molecule has 3 aromatic heterocycles. The lowest BCUT2D eigenvalue weighted by molar-refractivity contribution is -0.115. The third-order valence-corrected chi connectivity index (χ3v) is 7.35. The summed E-state index contributed by atoms with van der Waals surface area (Å²) in [7, 11) is 1.61. The molecule has 0 aliphatic carbocycles. The molecule has 3 N–H and O–H groups in total. The number of methoxy groups -OCH3 is 1. The molecule has 0 aliphatic rings. The van der Waals surface area contributed by atoms with Crippen molar-refractivity contribution in [2.45, 2.75) is 11.4 Å². The van der Waals surface area contributed by atoms with E-state index in [1.165, 1.54) is 34.4 Å². The van der Waals surface area contributed by atoms with Crippen molar-refractivity contribution in [1.82, 2.24) is 9.97 Å². The number of benzene rings is 1. The number of thiophene rings is 1. The van der Waals surface area contributed by atoms with E-state index in [9.17, 15) is 15.3 Å². The third-order valence-electron chi connectivity index (χ3n) is 4.93. The summed E-state index contributed by atoms with van der Waals surface area (Å²) in [5, 5.41) is 28.7. The maximum Gasteiger partial charge on any atom is 0.226 e. The van der Waals surface area contributed by atoms with Crippen LogP contribution in [0.4, 0.5) is 10.9 Å². The molecule has 174 valence electrons. The second-order valence-corrected chi connectivity index (χ2v) is 9.80. The Bertz CT molecular complexity index is 1430. The van der Waals surface area contributed by atoms with Crippen LogP contribution in [0.15, 0.2) is 51.5 Å². The molecular weight excluding hydrogens is 501 g/mol. The summed E-state index contributed by atoms with van der Waals surface area (Å²) in [5.41, 5.74) is 9.38. The normalized spacial score (nSPS) is 10.4. The number of anilines is 2. The van der Waals surface area contributed by atoms with Crippen LogP contribution in [0.25, 0.3) is 22.4 Å². The van der Waals surface area contributed by atoms with Crippen molar-refractivity contribution in [3.05, 3.63) is 57.6 Å². The van der Waals surface area contributed by atoms with Gasteiger partial charge in [0, 0.05) is 28.7 Å². The van der Waals surface area contributed by atoms with E-state index in [0.29, 0.717) is 21.5 Å². The number of nitrogens with two attached hydrogens (primary N) is 1. The molecule has 0 saturated heterocycles. The van der Waals surface area contributed by atoms with Crippen LogP contribution < -0.4 is 15.8 Å². The SMILES string of the molecule is COc1ccc(-c2csc(NC(=O)CCSc3nc(N)c(C#N)c(-c4ccsc4)c3C#N)n2)cc1. The van der Waals surface area contributed by atoms with Gasteiger partial charge in [0.25, 0.3) is 0 Å². The molecule has 0 bridgehead atoms. The van der Waals surface area contributed by atoms with Gasteiger partial charge in [0.15, 0.2) is 5.13 Å². The molecule has 4 rings (SSSR count). The zero-order valence-electron chi connectivity index (χ0n) is 18.4. The summed E-state index contributed by atoms with van der Waals surface area (Å²) in [4.78, 5) is 21.2. The number of rotatable bonds is 8. The fraction of sp³-hybridized carbons (Fsp3) is 0.125. The topological polar surface area (TPSA) is 138 Å². The first-order valence-corrected chi connectivity index (χ1v) is 13.0. The number of nitrogens with one attached hydrogen (secondary N) is 1. The van der Waals surface area contributed by atoms with Gasteiger partial charge >= 0.3 is 0 Å². The van der Waals surface area contributed by atoms with Gasteiger partial charge in [0.2, 0.25) is 5.91 Å². The van der Waals surface area contributed by atoms with E-state index in [0.717, 1.165) is 22.6 Å². The van der Waals surface area contributed by atoms with Gasteiger partial charge in [-0.1, -0.05) is 0 Å². The molecule has 0 aliphatic heterocycles. The number of aromatic nitrogens is 2. The summed E-state index contributed by atoms with van der Waals surface area (Å²) in [5.74, 6) is 0.994. The average Bonchev–Trinajstić information content (AvgIpc) is 3.56. The lowest BCUT2D eigenvalue weighted by Crippen LogP contribution is -2.12. The smallest absolute Gasteiger partial charge is 0.226 e. The highest BCUT2D eigenvalue weighted by atomic mass is 32.2. The Balaban J connectivity index is 1.42. The minimum atomic E-state index is -0.202. The van der Waals surface area contributed by atoms with Crippen molar-refractivity contribution in [3.63, 3.8) is 0 Å². The summed E-state index contributed by atoms with van der Waals surface area (Å²) in [6.07, 6.45) is 0.183. The van der Waals surface area contributed by atoms with E-state index in [1.807, 2.05) is 46.5 Å². The Hall–Kier alpha value is -3.90. The minimum Gasteiger partial charge on any atom is -0.497 e. The average molecular weight is 519 g/mol. The number of carbonyl (C=O) groups is 1. The Morgan fingerprint density at radius 3 is 2.54 bits per heavy atom. The van der Waals surface area contributed by atoms with Crippen molar-refractivity contribution >= 4 is 51.3 Å². The monoisotopic (exact) mass is 518 g/mol. The number of amides is 1. The van der Waals surface area contributed by atoms with Crippen LogP contribution in [-0.4, -0.2) is 28.7 Å². The third kappa shape index (κ3) is 5.44. The van der Waals surface area contributed by atoms with Crippen molar-refractivity contribution < 1.29 is 9.53 Å². The van der Waals surface area contributed by atoms with Gasteiger partial charge < -0.3 is 15.8 Å². The molecule has 4 aromatic rings. The lowest BCUT2D eigenvalue weighted by atomic mass is 9.99. The van der Waals surface area contributed by atoms with Gasteiger partial charge in [-0.2, -0.15) is 21.9 Å². The molecule has 3 heterocycles. The standard InChI is InChI=1S/C24H18N6O2S3/c1-32-16-4-2-14(3-5-16)19-13-35-24(28-19)29-20(31)7-9-34-23-18(11-26)21(15-6-8-33-12-15)17(10-25)22(27)30-23/h2-6,8,12-13H,7,9H2,1H3,(H2,27,30)(H,28,29,31). The minimum absolute atomic E-state index is 0.0634. The van der Waals surface area contributed by atoms with Crippen LogP contribution in [0.1, 0.15) is 17.5 Å². The Morgan fingerprint density at radius 1 is 1.11 bits per heavy atom. The first-order valence-electron chi connectivity index (χ1n) is 10.2. The first-order chi connectivity index (χ1) is 17.0. The number of thioether (sulfide) groups is 1. The number of ether oxygens (including phenoxy) is 1. The number of nitrogen functional groups attached to an aromatic ring is 1. The summed E-state index contributed by atoms with van der Waals surface area (Å²) >= 11 is 4.05. The molecule has 0 unspecified atom stereocenters. The zero-order valence-corrected chi connectivity index (χ0v) is 20.9. The quantitative estimate of drug-likeness (QED) is 0.296. The van der Waals surface area contributed by atoms with Gasteiger partial charge in [0.1, 0.15) is 34.3 Å². The Labute approximate surface area is 214 Å². The molecule has 11 heteroatoms. The van der Waals surface area contributed by atoms with Crippen LogP contribution in [0, 0.1) is 22.7 Å². The number of pyridine rings is 1. The van der Waals surface area contributed by atoms with Crippen LogP contribution in [0.3, 0.4) is 0 Å². The number of nitriles is 2. The predicted molar refractivity (Wildman–Crippen MR) is 139 cm³/mol. The summed E-state index contributed by atoms with van der Waals surface area (Å²) in [6.45, 7) is 0. The van der Waals surface area contributed by atoms with Crippen molar-refractivity contribution in [1.29, 1.82) is 10.5 Å². The molecule has 1 aromatic carbocycles. The summed E-state index contributed by atoms with van der Waals surface area (Å²) in [6, 6.07) is 13.6. The van der Waals surface area contributed by atoms with E-state index < -0.39 is 0 Å². The largest absolute Gasteiger partial charge is 0.497 e. The van der Waals surface area contributed by atoms with Gasteiger partial charge in [-0.05, 0) is 46.7 Å². The second-order valence-electron chi connectivity index (χ2n) is 7.08. The molecule has 1 amide bonds. The molecule has 0 atom stereocenters. The molecule has 35 heavy (non-hydrogen) atoms. The Morgan fingerprint density at radius 2 is 1.89 bits per heavy atom. The molecule has 0 fully saturated rings. The zero-order chi connectivity index (χ0) is 24.8. The predicted octanol–water partition coefficient (Wildman–Crippen LogP) is 5.39. The highest BCUT2D eigenvalue weighted by Crippen LogP contribution is 2.36. The van der Waals surface area contributed by atoms with Crippen LogP contribution in [0.2, 0.25) is 0 Å². The van der Waals surface area contributed by atoms with E-state index >= 15 is 0 Å².